The van der Waals surface area contributed by atoms with E-state index >= 15 is 0 Å². The van der Waals surface area contributed by atoms with Crippen molar-refractivity contribution >= 4 is 28.0 Å². The predicted octanol–water partition coefficient (Wildman–Crippen LogP) is 4.34. The molecule has 0 aliphatic rings. The molecule has 0 spiro atoms. The zero-order valence-corrected chi connectivity index (χ0v) is 17.9. The van der Waals surface area contributed by atoms with Crippen LogP contribution >= 0.6 is 0 Å². The second-order valence-electron chi connectivity index (χ2n) is 7.74. The summed E-state index contributed by atoms with van der Waals surface area (Å²) >= 11 is 0. The van der Waals surface area contributed by atoms with Crippen LogP contribution in [-0.4, -0.2) is 32.1 Å². The fourth-order valence-corrected chi connectivity index (χ4v) is 3.87. The molecular formula is C24H19F2N5O2. The van der Waals surface area contributed by atoms with Crippen molar-refractivity contribution in [1.82, 2.24) is 25.0 Å². The Morgan fingerprint density at radius 3 is 2.61 bits per heavy atom. The number of benzene rings is 2. The Kier molecular flexibility index (Phi) is 5.08. The minimum absolute atomic E-state index is 0.233. The van der Waals surface area contributed by atoms with Gasteiger partial charge in [-0.05, 0) is 49.4 Å². The van der Waals surface area contributed by atoms with Gasteiger partial charge in [0, 0.05) is 31.6 Å². The largest absolute Gasteiger partial charge is 0.352 e. The molecule has 5 rings (SSSR count). The second-order valence-corrected chi connectivity index (χ2v) is 7.74. The minimum atomic E-state index is -0.363. The molecule has 0 fully saturated rings. The lowest BCUT2D eigenvalue weighted by Gasteiger charge is -2.09. The third-order valence-corrected chi connectivity index (χ3v) is 5.57. The fourth-order valence-electron chi connectivity index (χ4n) is 3.87. The van der Waals surface area contributed by atoms with Gasteiger partial charge in [-0.1, -0.05) is 5.16 Å². The molecule has 0 bridgehead atoms. The summed E-state index contributed by atoms with van der Waals surface area (Å²) in [4.78, 5) is 22.0. The second kappa shape index (κ2) is 8.09. The molecule has 1 N–H and O–H groups in total. The van der Waals surface area contributed by atoms with E-state index in [9.17, 15) is 13.6 Å². The van der Waals surface area contributed by atoms with Crippen molar-refractivity contribution in [3.05, 3.63) is 77.2 Å². The molecule has 0 aliphatic heterocycles. The van der Waals surface area contributed by atoms with Gasteiger partial charge in [-0.3, -0.25) is 4.79 Å². The molecule has 7 nitrogen and oxygen atoms in total. The van der Waals surface area contributed by atoms with Crippen LogP contribution in [0.25, 0.3) is 33.4 Å². The Hall–Kier alpha value is -4.14. The van der Waals surface area contributed by atoms with Gasteiger partial charge >= 0.3 is 0 Å². The van der Waals surface area contributed by atoms with E-state index in [2.05, 4.69) is 20.4 Å². The zero-order chi connectivity index (χ0) is 23.1. The van der Waals surface area contributed by atoms with Crippen molar-refractivity contribution < 1.29 is 18.1 Å². The maximum absolute atomic E-state index is 13.5. The monoisotopic (exact) mass is 447 g/mol. The van der Waals surface area contributed by atoms with Crippen molar-refractivity contribution in [2.24, 2.45) is 7.05 Å². The molecule has 9 heteroatoms. The van der Waals surface area contributed by atoms with Crippen LogP contribution in [0.15, 0.2) is 53.1 Å². The third-order valence-electron chi connectivity index (χ3n) is 5.57. The first-order valence-electron chi connectivity index (χ1n) is 10.3. The number of fused-ring (bicyclic) bond motifs is 2. The Morgan fingerprint density at radius 1 is 1.06 bits per heavy atom. The van der Waals surface area contributed by atoms with Gasteiger partial charge in [0.05, 0.1) is 33.4 Å². The lowest BCUT2D eigenvalue weighted by molar-refractivity contribution is 0.0955. The van der Waals surface area contributed by atoms with Gasteiger partial charge in [0.2, 0.25) is 0 Å². The van der Waals surface area contributed by atoms with Crippen LogP contribution in [0.2, 0.25) is 0 Å². The summed E-state index contributed by atoms with van der Waals surface area (Å²) in [5, 5.41) is 7.37. The highest BCUT2D eigenvalue weighted by Crippen LogP contribution is 2.27. The van der Waals surface area contributed by atoms with Crippen LogP contribution in [0.5, 0.6) is 0 Å². The zero-order valence-electron chi connectivity index (χ0n) is 17.9. The molecule has 1 amide bonds. The third kappa shape index (κ3) is 3.82. The number of nitrogens with zero attached hydrogens (tertiary/aromatic N) is 4. The SMILES string of the molecule is Cc1noc2nc(-c3ccc(F)cc3)cc(C(=O)NCCc3nc4cc(F)ccc4n3C)c12. The number of aromatic nitrogens is 4. The first kappa shape index (κ1) is 20.7. The number of amides is 1. The molecule has 0 atom stereocenters. The van der Waals surface area contributed by atoms with Crippen LogP contribution in [0.1, 0.15) is 21.9 Å². The highest BCUT2D eigenvalue weighted by atomic mass is 19.1. The van der Waals surface area contributed by atoms with E-state index in [1.54, 1.807) is 31.2 Å². The number of carbonyl (C=O) groups excluding carboxylic acids is 1. The molecule has 0 saturated carbocycles. The number of carbonyl (C=O) groups is 1. The molecule has 0 saturated heterocycles. The summed E-state index contributed by atoms with van der Waals surface area (Å²) in [6, 6.07) is 11.9. The van der Waals surface area contributed by atoms with E-state index in [1.165, 1.54) is 24.3 Å². The van der Waals surface area contributed by atoms with Crippen LogP contribution in [0.4, 0.5) is 8.78 Å². The average Bonchev–Trinajstić information content (AvgIpc) is 3.33. The Labute approximate surface area is 187 Å². The smallest absolute Gasteiger partial charge is 0.259 e. The average molecular weight is 447 g/mol. The van der Waals surface area contributed by atoms with Gasteiger partial charge in [0.1, 0.15) is 17.5 Å². The number of rotatable bonds is 5. The summed E-state index contributed by atoms with van der Waals surface area (Å²) in [5.74, 6) is -0.299. The molecule has 0 unspecified atom stereocenters. The normalized spacial score (nSPS) is 11.4. The van der Waals surface area contributed by atoms with Crippen molar-refractivity contribution in [2.75, 3.05) is 6.54 Å². The van der Waals surface area contributed by atoms with Crippen molar-refractivity contribution in [2.45, 2.75) is 13.3 Å². The summed E-state index contributed by atoms with van der Waals surface area (Å²) in [6.07, 6.45) is 0.459. The van der Waals surface area contributed by atoms with E-state index in [4.69, 9.17) is 4.52 Å². The van der Waals surface area contributed by atoms with Crippen molar-refractivity contribution in [3.8, 4) is 11.3 Å². The molecule has 5 aromatic rings. The lowest BCUT2D eigenvalue weighted by Crippen LogP contribution is -2.26. The van der Waals surface area contributed by atoms with Gasteiger partial charge in [0.15, 0.2) is 0 Å². The molecule has 33 heavy (non-hydrogen) atoms. The summed E-state index contributed by atoms with van der Waals surface area (Å²) in [7, 11) is 1.85. The van der Waals surface area contributed by atoms with E-state index < -0.39 is 0 Å². The number of nitrogens with one attached hydrogen (secondary N) is 1. The maximum atomic E-state index is 13.5. The summed E-state index contributed by atoms with van der Waals surface area (Å²) in [5.41, 5.74) is 3.65. The summed E-state index contributed by atoms with van der Waals surface area (Å²) in [6.45, 7) is 2.05. The van der Waals surface area contributed by atoms with Gasteiger partial charge < -0.3 is 14.4 Å². The van der Waals surface area contributed by atoms with Crippen LogP contribution in [0, 0.1) is 18.6 Å². The highest BCUT2D eigenvalue weighted by molar-refractivity contribution is 6.07. The van der Waals surface area contributed by atoms with Crippen LogP contribution < -0.4 is 5.32 Å². The first-order chi connectivity index (χ1) is 15.9. The Bertz CT molecular complexity index is 1510. The van der Waals surface area contributed by atoms with Crippen molar-refractivity contribution in [3.63, 3.8) is 0 Å². The van der Waals surface area contributed by atoms with Crippen LogP contribution in [-0.2, 0) is 13.5 Å². The van der Waals surface area contributed by atoms with E-state index in [-0.39, 0.29) is 23.3 Å². The van der Waals surface area contributed by atoms with Gasteiger partial charge in [-0.25, -0.2) is 18.7 Å². The topological polar surface area (TPSA) is 85.8 Å². The number of hydrogen-bond donors (Lipinski definition) is 1. The molecule has 166 valence electrons. The van der Waals surface area contributed by atoms with Gasteiger partial charge in [-0.2, -0.15) is 0 Å². The molecule has 2 aromatic carbocycles. The Balaban J connectivity index is 1.40. The summed E-state index contributed by atoms with van der Waals surface area (Å²) < 4.78 is 34.0. The molecule has 0 aliphatic carbocycles. The number of imidazole rings is 1. The molecule has 3 aromatic heterocycles. The van der Waals surface area contributed by atoms with E-state index in [0.29, 0.717) is 46.4 Å². The minimum Gasteiger partial charge on any atom is -0.352 e. The van der Waals surface area contributed by atoms with Crippen molar-refractivity contribution in [1.29, 1.82) is 0 Å². The number of hydrogen-bond acceptors (Lipinski definition) is 5. The van der Waals surface area contributed by atoms with E-state index in [1.807, 2.05) is 11.6 Å². The lowest BCUT2D eigenvalue weighted by atomic mass is 10.0. The number of halogens is 2. The number of aryl methyl sites for hydroxylation is 2. The molecular weight excluding hydrogens is 428 g/mol. The Morgan fingerprint density at radius 2 is 1.82 bits per heavy atom. The first-order valence-corrected chi connectivity index (χ1v) is 10.3. The quantitative estimate of drug-likeness (QED) is 0.433. The molecule has 3 heterocycles. The standard InChI is InChI=1S/C24H19F2N5O2/c1-13-22-17(12-18(29-24(22)33-30-13)14-3-5-15(25)6-4-14)23(32)27-10-9-21-28-19-11-16(26)7-8-20(19)31(21)2/h3-8,11-12H,9-10H2,1-2H3,(H,27,32). The van der Waals surface area contributed by atoms with Gasteiger partial charge in [0.25, 0.3) is 11.6 Å². The fraction of sp³-hybridized carbons (Fsp3) is 0.167. The maximum Gasteiger partial charge on any atom is 0.259 e. The van der Waals surface area contributed by atoms with Gasteiger partial charge in [-0.15, -0.1) is 0 Å². The predicted molar refractivity (Wildman–Crippen MR) is 119 cm³/mol. The number of pyridine rings is 1. The molecule has 0 radical (unpaired) electrons. The van der Waals surface area contributed by atoms with Crippen LogP contribution in [0.3, 0.4) is 0 Å². The highest BCUT2D eigenvalue weighted by Gasteiger charge is 2.19. The van der Waals surface area contributed by atoms with E-state index in [0.717, 1.165) is 11.3 Å².